The quantitative estimate of drug-likeness (QED) is 0.186. The van der Waals surface area contributed by atoms with Crippen molar-refractivity contribution < 1.29 is 0 Å². The molecule has 10 rings (SSSR count). The summed E-state index contributed by atoms with van der Waals surface area (Å²) in [6.45, 7) is 4.72. The summed E-state index contributed by atoms with van der Waals surface area (Å²) in [4.78, 5) is 7.27. The van der Waals surface area contributed by atoms with E-state index in [2.05, 4.69) is 135 Å². The van der Waals surface area contributed by atoms with Crippen LogP contribution in [0, 0.1) is 0 Å². The Kier molecular flexibility index (Phi) is 5.46. The first kappa shape index (κ1) is 26.3. The molecule has 0 bridgehead atoms. The minimum absolute atomic E-state index is 0.0275. The molecule has 0 fully saturated rings. The first-order valence-corrected chi connectivity index (χ1v) is 17.1. The maximum atomic E-state index is 4.71. The molecule has 1 aromatic heterocycles. The second-order valence-corrected chi connectivity index (χ2v) is 14.5. The molecule has 0 amide bonds. The normalized spacial score (nSPS) is 15.3. The Morgan fingerprint density at radius 1 is 0.652 bits per heavy atom. The highest BCUT2D eigenvalue weighted by Gasteiger charge is 2.35. The van der Waals surface area contributed by atoms with Gasteiger partial charge in [-0.2, -0.15) is 0 Å². The lowest BCUT2D eigenvalue weighted by molar-refractivity contribution is 0.658. The molecule has 0 atom stereocenters. The van der Waals surface area contributed by atoms with E-state index in [1.165, 1.54) is 97.8 Å². The van der Waals surface area contributed by atoms with Gasteiger partial charge >= 0.3 is 0 Å². The Labute approximate surface area is 273 Å². The molecule has 0 saturated heterocycles. The van der Waals surface area contributed by atoms with E-state index < -0.39 is 0 Å². The highest BCUT2D eigenvalue weighted by molar-refractivity contribution is 7.99. The van der Waals surface area contributed by atoms with Crippen molar-refractivity contribution >= 4 is 55.7 Å². The monoisotopic (exact) mass is 605 g/mol. The number of aromatic nitrogens is 1. The maximum Gasteiger partial charge on any atom is 0.0353 e. The third-order valence-corrected chi connectivity index (χ3v) is 11.8. The molecule has 1 nitrogen and oxygen atoms in total. The number of nitrogens with zero attached hydrogens (tertiary/aromatic N) is 1. The van der Waals surface area contributed by atoms with E-state index in [9.17, 15) is 0 Å². The second-order valence-electron chi connectivity index (χ2n) is 13.4. The second kappa shape index (κ2) is 9.55. The van der Waals surface area contributed by atoms with E-state index in [0.717, 1.165) is 12.8 Å². The summed E-state index contributed by atoms with van der Waals surface area (Å²) in [6.07, 6.45) is 13.1. The lowest BCUT2D eigenvalue weighted by atomic mass is 9.79. The smallest absolute Gasteiger partial charge is 0.0353 e. The SMILES string of the molecule is CC1(C)c2ccccc2-c2ccc(Sc3c4ccccc4c(-c4ccc5c6c7c(ccc46)C=CCC7=CC5)c4cnccc34)cc21. The molecule has 0 saturated carbocycles. The van der Waals surface area contributed by atoms with Gasteiger partial charge in [0.15, 0.2) is 0 Å². The number of benzene rings is 6. The molecular weight excluding hydrogens is 575 g/mol. The van der Waals surface area contributed by atoms with Gasteiger partial charge < -0.3 is 0 Å². The van der Waals surface area contributed by atoms with Gasteiger partial charge in [0.2, 0.25) is 0 Å². The van der Waals surface area contributed by atoms with Crippen molar-refractivity contribution in [3.63, 3.8) is 0 Å². The summed E-state index contributed by atoms with van der Waals surface area (Å²) in [7, 11) is 0. The molecule has 0 spiro atoms. The number of fused-ring (bicyclic) bond motifs is 5. The molecule has 0 unspecified atom stereocenters. The van der Waals surface area contributed by atoms with E-state index >= 15 is 0 Å². The van der Waals surface area contributed by atoms with E-state index in [-0.39, 0.29) is 5.41 Å². The predicted molar refractivity (Wildman–Crippen MR) is 196 cm³/mol. The van der Waals surface area contributed by atoms with Crippen molar-refractivity contribution in [3.05, 3.63) is 149 Å². The van der Waals surface area contributed by atoms with Gasteiger partial charge in [-0.1, -0.05) is 123 Å². The third kappa shape index (κ3) is 3.56. The Morgan fingerprint density at radius 3 is 2.39 bits per heavy atom. The average Bonchev–Trinajstić information content (AvgIpc) is 3.33. The molecule has 0 radical (unpaired) electrons. The van der Waals surface area contributed by atoms with Gasteiger partial charge in [0.25, 0.3) is 0 Å². The molecule has 7 aromatic rings. The summed E-state index contributed by atoms with van der Waals surface area (Å²) >= 11 is 1.89. The first-order chi connectivity index (χ1) is 22.6. The van der Waals surface area contributed by atoms with Crippen molar-refractivity contribution in [2.45, 2.75) is 41.9 Å². The van der Waals surface area contributed by atoms with Crippen LogP contribution in [0.3, 0.4) is 0 Å². The number of pyridine rings is 1. The van der Waals surface area contributed by atoms with Crippen LogP contribution in [-0.4, -0.2) is 4.98 Å². The maximum absolute atomic E-state index is 4.71. The van der Waals surface area contributed by atoms with Crippen LogP contribution in [0.4, 0.5) is 0 Å². The molecule has 0 aliphatic heterocycles. The van der Waals surface area contributed by atoms with E-state index in [1.807, 2.05) is 18.0 Å². The van der Waals surface area contributed by atoms with Crippen LogP contribution < -0.4 is 0 Å². The highest BCUT2D eigenvalue weighted by Crippen LogP contribution is 2.52. The fraction of sp³-hybridized carbons (Fsp3) is 0.114. The molecule has 3 aliphatic rings. The standard InChI is InChI=1S/C44H31NS/c1-44(2)38-13-6-5-10-30(38)31-21-18-29(24-39(31)44)46-43-35-12-4-3-11-32(35)42(37-25-45-23-22-36(37)43)34-20-17-28-15-14-26-8-7-9-27-16-19-33(34)41(28)40(26)27/h3-7,9-14,16-25H,8,15H2,1-2H3. The predicted octanol–water partition coefficient (Wildman–Crippen LogP) is 12.0. The zero-order valence-corrected chi connectivity index (χ0v) is 26.7. The minimum atomic E-state index is -0.0275. The van der Waals surface area contributed by atoms with Gasteiger partial charge in [0.1, 0.15) is 0 Å². The van der Waals surface area contributed by atoms with E-state index in [0.29, 0.717) is 0 Å². The molecule has 3 aliphatic carbocycles. The van der Waals surface area contributed by atoms with Gasteiger partial charge in [-0.05, 0) is 114 Å². The Balaban J connectivity index is 1.20. The zero-order valence-electron chi connectivity index (χ0n) is 25.9. The first-order valence-electron chi connectivity index (χ1n) is 16.2. The Hall–Kier alpha value is -4.92. The lowest BCUT2D eigenvalue weighted by Gasteiger charge is -2.25. The van der Waals surface area contributed by atoms with Gasteiger partial charge in [0, 0.05) is 33.0 Å². The minimum Gasteiger partial charge on any atom is -0.264 e. The topological polar surface area (TPSA) is 12.9 Å². The summed E-state index contributed by atoms with van der Waals surface area (Å²) in [5, 5.41) is 7.79. The van der Waals surface area contributed by atoms with Crippen LogP contribution >= 0.6 is 11.8 Å². The van der Waals surface area contributed by atoms with E-state index in [4.69, 9.17) is 4.98 Å². The van der Waals surface area contributed by atoms with Crippen molar-refractivity contribution in [1.82, 2.24) is 4.98 Å². The van der Waals surface area contributed by atoms with Gasteiger partial charge in [-0.15, -0.1) is 0 Å². The summed E-state index contributed by atoms with van der Waals surface area (Å²) in [6, 6.07) is 36.6. The molecule has 2 heteroatoms. The van der Waals surface area contributed by atoms with Crippen LogP contribution in [0.15, 0.2) is 131 Å². The van der Waals surface area contributed by atoms with Crippen LogP contribution in [0.1, 0.15) is 48.1 Å². The molecule has 46 heavy (non-hydrogen) atoms. The summed E-state index contributed by atoms with van der Waals surface area (Å²) < 4.78 is 0. The largest absolute Gasteiger partial charge is 0.264 e. The number of hydrogen-bond acceptors (Lipinski definition) is 2. The summed E-state index contributed by atoms with van der Waals surface area (Å²) in [5.41, 5.74) is 13.8. The van der Waals surface area contributed by atoms with Crippen LogP contribution in [-0.2, 0) is 11.8 Å². The molecule has 0 N–H and O–H groups in total. The highest BCUT2D eigenvalue weighted by atomic mass is 32.2. The Bertz CT molecular complexity index is 2470. The zero-order chi connectivity index (χ0) is 30.6. The average molecular weight is 606 g/mol. The molecule has 1 heterocycles. The van der Waals surface area contributed by atoms with Gasteiger partial charge in [-0.25, -0.2) is 0 Å². The van der Waals surface area contributed by atoms with Crippen molar-refractivity contribution in [1.29, 1.82) is 0 Å². The Morgan fingerprint density at radius 2 is 1.46 bits per heavy atom. The fourth-order valence-corrected chi connectivity index (χ4v) is 9.61. The summed E-state index contributed by atoms with van der Waals surface area (Å²) in [5.74, 6) is 0. The lowest BCUT2D eigenvalue weighted by Crippen LogP contribution is -2.14. The third-order valence-electron chi connectivity index (χ3n) is 10.6. The number of allylic oxidation sites excluding steroid dienone is 3. The van der Waals surface area contributed by atoms with Crippen LogP contribution in [0.5, 0.6) is 0 Å². The number of hydrogen-bond donors (Lipinski definition) is 0. The fourth-order valence-electron chi connectivity index (χ4n) is 8.49. The molecule has 6 aromatic carbocycles. The van der Waals surface area contributed by atoms with Crippen LogP contribution in [0.2, 0.25) is 0 Å². The van der Waals surface area contributed by atoms with Crippen molar-refractivity contribution in [2.24, 2.45) is 0 Å². The van der Waals surface area contributed by atoms with Crippen molar-refractivity contribution in [3.8, 4) is 22.3 Å². The van der Waals surface area contributed by atoms with Gasteiger partial charge in [0.05, 0.1) is 0 Å². The molecular formula is C44H31NS. The number of rotatable bonds is 3. The van der Waals surface area contributed by atoms with Gasteiger partial charge in [-0.3, -0.25) is 4.98 Å². The van der Waals surface area contributed by atoms with Crippen molar-refractivity contribution in [2.75, 3.05) is 0 Å². The van der Waals surface area contributed by atoms with E-state index in [1.54, 1.807) is 0 Å². The molecule has 218 valence electrons. The van der Waals surface area contributed by atoms with Crippen LogP contribution in [0.25, 0.3) is 66.2 Å².